The molecule has 0 spiro atoms. The minimum Gasteiger partial charge on any atom is -0.457 e. The molecule has 16 nitrogen and oxygen atoms in total. The molecule has 5 aliphatic heterocycles. The topological polar surface area (TPSA) is 186 Å². The molecule has 1 saturated carbocycles. The highest BCUT2D eigenvalue weighted by Crippen LogP contribution is 2.48. The van der Waals surface area contributed by atoms with Crippen molar-refractivity contribution in [2.45, 2.75) is 69.6 Å². The molecule has 5 fully saturated rings. The third-order valence-electron chi connectivity index (χ3n) is 14.9. The number of amides is 6. The molecule has 1 aliphatic carbocycles. The average Bonchev–Trinajstić information content (AvgIpc) is 3.82. The van der Waals surface area contributed by atoms with Gasteiger partial charge in [-0.2, -0.15) is 0 Å². The Morgan fingerprint density at radius 2 is 1.47 bits per heavy atom. The number of hydrogen-bond donors (Lipinski definition) is 4. The van der Waals surface area contributed by atoms with E-state index in [1.807, 2.05) is 0 Å². The van der Waals surface area contributed by atoms with Crippen molar-refractivity contribution in [3.63, 3.8) is 0 Å². The van der Waals surface area contributed by atoms with Crippen molar-refractivity contribution < 1.29 is 42.3 Å². The maximum absolute atomic E-state index is 16.0. The Labute approximate surface area is 401 Å². The second-order valence-corrected chi connectivity index (χ2v) is 19.4. The molecule has 18 heteroatoms. The molecule has 6 aliphatic rings. The summed E-state index contributed by atoms with van der Waals surface area (Å²) in [6.07, 6.45) is 5.76. The molecule has 1 aromatic heterocycles. The molecule has 6 heterocycles. The van der Waals surface area contributed by atoms with Crippen LogP contribution in [0.25, 0.3) is 10.9 Å². The predicted octanol–water partition coefficient (Wildman–Crippen LogP) is 6.04. The van der Waals surface area contributed by atoms with E-state index in [0.717, 1.165) is 44.5 Å². The summed E-state index contributed by atoms with van der Waals surface area (Å²) < 4.78 is 35.5. The number of carbonyl (C=O) groups excluding carboxylic acids is 6. The summed E-state index contributed by atoms with van der Waals surface area (Å²) >= 11 is 0. The number of pyridine rings is 1. The van der Waals surface area contributed by atoms with Gasteiger partial charge in [0.2, 0.25) is 29.5 Å². The largest absolute Gasteiger partial charge is 0.457 e. The van der Waals surface area contributed by atoms with Gasteiger partial charge >= 0.3 is 0 Å². The van der Waals surface area contributed by atoms with E-state index < -0.39 is 35.0 Å². The lowest BCUT2D eigenvalue weighted by atomic mass is 9.95. The van der Waals surface area contributed by atoms with E-state index in [1.165, 1.54) is 35.2 Å². The highest BCUT2D eigenvalue weighted by Gasteiger charge is 2.56. The van der Waals surface area contributed by atoms with Crippen LogP contribution in [0.3, 0.4) is 0 Å². The van der Waals surface area contributed by atoms with Gasteiger partial charge in [-0.05, 0) is 135 Å². The number of hydrogen-bond acceptors (Lipinski definition) is 11. The van der Waals surface area contributed by atoms with Crippen LogP contribution in [0.1, 0.15) is 60.9 Å². The second-order valence-electron chi connectivity index (χ2n) is 19.4. The molecule has 4 N–H and O–H groups in total. The van der Waals surface area contributed by atoms with E-state index in [4.69, 9.17) is 4.74 Å². The van der Waals surface area contributed by atoms with E-state index in [0.29, 0.717) is 88.6 Å². The van der Waals surface area contributed by atoms with E-state index in [9.17, 15) is 33.2 Å². The number of ether oxygens (including phenoxy) is 1. The molecule has 5 aromatic rings. The van der Waals surface area contributed by atoms with Gasteiger partial charge < -0.3 is 30.5 Å². The van der Waals surface area contributed by atoms with Gasteiger partial charge in [-0.25, -0.2) is 8.78 Å². The minimum atomic E-state index is -1.20. The van der Waals surface area contributed by atoms with Crippen LogP contribution in [0, 0.1) is 23.0 Å². The normalized spacial score (nSPS) is 22.0. The van der Waals surface area contributed by atoms with Crippen molar-refractivity contribution in [1.82, 2.24) is 25.0 Å². The maximum atomic E-state index is 16.0. The molecule has 1 unspecified atom stereocenters. The Hall–Kier alpha value is -7.31. The monoisotopic (exact) mass is 951 g/mol. The van der Waals surface area contributed by atoms with Gasteiger partial charge in [0.1, 0.15) is 34.6 Å². The van der Waals surface area contributed by atoms with Crippen LogP contribution in [-0.2, 0) is 30.5 Å². The number of piperidine rings is 2. The smallest absolute Gasteiger partial charge is 0.255 e. The minimum absolute atomic E-state index is 0.120. The van der Waals surface area contributed by atoms with E-state index in [1.54, 1.807) is 60.8 Å². The summed E-state index contributed by atoms with van der Waals surface area (Å²) in [6.45, 7) is 4.61. The number of imide groups is 1. The number of aromatic nitrogens is 1. The fourth-order valence-electron chi connectivity index (χ4n) is 10.9. The van der Waals surface area contributed by atoms with Crippen molar-refractivity contribution in [2.75, 3.05) is 60.1 Å². The molecular formula is C52H51F2N9O7. The molecule has 0 radical (unpaired) electrons. The number of carbonyl (C=O) groups is 6. The predicted molar refractivity (Wildman–Crippen MR) is 255 cm³/mol. The number of anilines is 4. The fourth-order valence-corrected chi connectivity index (χ4v) is 10.9. The standard InChI is InChI=1S/C52H51F2N9O7/c53-32-1-3-33(4-2-32)57-50(68)52(16-17-52)51(69)58-34-5-8-38(9-6-34)70-45-13-18-55-42-24-44(41(54)23-40(42)45)60-19-14-30(15-20-60)25-61-27-37-22-36(61)28-62(37)29-47(65)56-35-7-10-39-31(21-35)26-63(49(39)67)43-11-12-46(64)59-48(43)66/h1-10,13,18,21,23-24,30,36-37,43H,11-12,14-17,19-20,22,25-29H2,(H,56,65)(H,57,68)(H,58,69)(H,59,64,66)/t36-,37-,43?/m0/s1. The van der Waals surface area contributed by atoms with E-state index in [2.05, 4.69) is 41.0 Å². The van der Waals surface area contributed by atoms with Crippen molar-refractivity contribution >= 4 is 69.1 Å². The van der Waals surface area contributed by atoms with E-state index in [-0.39, 0.29) is 55.5 Å². The summed E-state index contributed by atoms with van der Waals surface area (Å²) in [7, 11) is 0. The highest BCUT2D eigenvalue weighted by atomic mass is 19.1. The van der Waals surface area contributed by atoms with E-state index >= 15 is 4.39 Å². The Balaban J connectivity index is 0.637. The number of nitrogens with one attached hydrogen (secondary N) is 4. The van der Waals surface area contributed by atoms with Gasteiger partial charge in [0.25, 0.3) is 5.91 Å². The Morgan fingerprint density at radius 3 is 2.16 bits per heavy atom. The summed E-state index contributed by atoms with van der Waals surface area (Å²) in [5.41, 5.74) is 2.63. The first-order chi connectivity index (χ1) is 33.8. The lowest BCUT2D eigenvalue weighted by molar-refractivity contribution is -0.137. The number of nitrogens with zero attached hydrogens (tertiary/aromatic N) is 5. The highest BCUT2D eigenvalue weighted by molar-refractivity contribution is 6.17. The van der Waals surface area contributed by atoms with Gasteiger partial charge in [-0.15, -0.1) is 0 Å². The molecular weight excluding hydrogens is 901 g/mol. The maximum Gasteiger partial charge on any atom is 0.255 e. The molecule has 6 amide bonds. The molecule has 4 aromatic carbocycles. The van der Waals surface area contributed by atoms with Crippen LogP contribution in [0.5, 0.6) is 11.5 Å². The zero-order valence-electron chi connectivity index (χ0n) is 38.2. The number of rotatable bonds is 13. The number of halogens is 2. The van der Waals surface area contributed by atoms with Crippen LogP contribution < -0.4 is 30.9 Å². The number of benzene rings is 4. The quantitative estimate of drug-likeness (QED) is 0.0798. The summed E-state index contributed by atoms with van der Waals surface area (Å²) in [5.74, 6) is -1.45. The first-order valence-corrected chi connectivity index (χ1v) is 23.9. The van der Waals surface area contributed by atoms with Crippen LogP contribution in [0.2, 0.25) is 0 Å². The summed E-state index contributed by atoms with van der Waals surface area (Å²) in [6, 6.07) is 22.2. The number of fused-ring (bicyclic) bond motifs is 4. The molecule has 70 heavy (non-hydrogen) atoms. The number of likely N-dealkylation sites (tertiary alicyclic amines) is 2. The van der Waals surface area contributed by atoms with Crippen molar-refractivity contribution in [1.29, 1.82) is 0 Å². The Bertz CT molecular complexity index is 2940. The SMILES string of the molecule is O=C1CCC(N2Cc3cc(NC(=O)CN4C[C@@H]5C[C@H]4CN5CC4CCN(c5cc6nccc(Oc7ccc(NC(=O)C8(C(=O)Nc9ccc(F)cc9)CC8)cc7)c6cc5F)CC4)ccc3C2=O)C(=O)N1. The Morgan fingerprint density at radius 1 is 0.786 bits per heavy atom. The fraction of sp³-hybridized carbons (Fsp3) is 0.365. The van der Waals surface area contributed by atoms with Gasteiger partial charge in [-0.1, -0.05) is 0 Å². The molecule has 4 saturated heterocycles. The van der Waals surface area contributed by atoms with Crippen LogP contribution in [0.4, 0.5) is 31.5 Å². The van der Waals surface area contributed by atoms with Crippen molar-refractivity contribution in [3.05, 3.63) is 114 Å². The summed E-state index contributed by atoms with van der Waals surface area (Å²) in [5, 5.41) is 11.4. The van der Waals surface area contributed by atoms with Crippen molar-refractivity contribution in [3.8, 4) is 11.5 Å². The van der Waals surface area contributed by atoms with Crippen molar-refractivity contribution in [2.24, 2.45) is 11.3 Å². The van der Waals surface area contributed by atoms with Gasteiger partial charge in [0.05, 0.1) is 17.7 Å². The zero-order chi connectivity index (χ0) is 48.3. The zero-order valence-corrected chi connectivity index (χ0v) is 38.2. The Kier molecular flexibility index (Phi) is 11.7. The van der Waals surface area contributed by atoms with Gasteiger partial charge in [-0.3, -0.25) is 48.9 Å². The second kappa shape index (κ2) is 18.2. The van der Waals surface area contributed by atoms with Crippen LogP contribution >= 0.6 is 0 Å². The van der Waals surface area contributed by atoms with Gasteiger partial charge in [0, 0.05) is 92.0 Å². The first kappa shape index (κ1) is 45.2. The molecule has 3 atom stereocenters. The summed E-state index contributed by atoms with van der Waals surface area (Å²) in [4.78, 5) is 89.5. The lowest BCUT2D eigenvalue weighted by Gasteiger charge is -2.39. The first-order valence-electron chi connectivity index (χ1n) is 23.9. The molecule has 11 rings (SSSR count). The molecule has 360 valence electrons. The lowest BCUT2D eigenvalue weighted by Crippen LogP contribution is -2.52. The average molecular weight is 952 g/mol. The third-order valence-corrected chi connectivity index (χ3v) is 14.9. The van der Waals surface area contributed by atoms with Crippen LogP contribution in [0.15, 0.2) is 91.1 Å². The number of piperazine rings is 1. The molecule has 2 bridgehead atoms. The third kappa shape index (κ3) is 8.92. The van der Waals surface area contributed by atoms with Gasteiger partial charge in [0.15, 0.2) is 0 Å². The van der Waals surface area contributed by atoms with Crippen LogP contribution in [-0.4, -0.2) is 113 Å².